The number of rotatable bonds is 2. The van der Waals surface area contributed by atoms with Crippen molar-refractivity contribution in [1.29, 1.82) is 0 Å². The zero-order valence-electron chi connectivity index (χ0n) is 7.07. The summed E-state index contributed by atoms with van der Waals surface area (Å²) >= 11 is 0. The lowest BCUT2D eigenvalue weighted by atomic mass is 10.3. The minimum absolute atomic E-state index is 0.0171. The third-order valence-electron chi connectivity index (χ3n) is 1.84. The van der Waals surface area contributed by atoms with Crippen molar-refractivity contribution in [2.45, 2.75) is 6.05 Å². The molecule has 7 heteroatoms. The molecule has 82 valence electrons. The molecule has 0 aromatic carbocycles. The first-order valence-electron chi connectivity index (χ1n) is 3.88. The first kappa shape index (κ1) is 11.4. The molecule has 1 heterocycles. The Hall–Kier alpha value is -0.690. The highest BCUT2D eigenvalue weighted by atomic mass is 19.3. The molecule has 1 aliphatic rings. The number of halogens is 5. The summed E-state index contributed by atoms with van der Waals surface area (Å²) in [5.74, 6) is -2.68. The van der Waals surface area contributed by atoms with Gasteiger partial charge in [-0.1, -0.05) is 0 Å². The van der Waals surface area contributed by atoms with E-state index in [0.29, 0.717) is 4.90 Å². The molecule has 2 nitrogen and oxygen atoms in total. The largest absolute Gasteiger partial charge is 0.379 e. The van der Waals surface area contributed by atoms with Gasteiger partial charge < -0.3 is 4.74 Å². The lowest BCUT2D eigenvalue weighted by Gasteiger charge is -2.32. The summed E-state index contributed by atoms with van der Waals surface area (Å²) in [5.41, 5.74) is 0. The number of morpholine rings is 1. The highest BCUT2D eigenvalue weighted by Crippen LogP contribution is 2.33. The van der Waals surface area contributed by atoms with Crippen molar-refractivity contribution < 1.29 is 26.7 Å². The van der Waals surface area contributed by atoms with Crippen LogP contribution in [0.5, 0.6) is 0 Å². The third kappa shape index (κ3) is 2.21. The minimum Gasteiger partial charge on any atom is -0.379 e. The van der Waals surface area contributed by atoms with Crippen LogP contribution in [0.4, 0.5) is 22.0 Å². The van der Waals surface area contributed by atoms with E-state index in [2.05, 4.69) is 0 Å². The topological polar surface area (TPSA) is 12.5 Å². The SMILES string of the molecule is FC(F)=C(F)C(F)(F)N1CCOCC1. The quantitative estimate of drug-likeness (QED) is 0.518. The van der Waals surface area contributed by atoms with Gasteiger partial charge in [-0.15, -0.1) is 0 Å². The van der Waals surface area contributed by atoms with E-state index in [9.17, 15) is 22.0 Å². The van der Waals surface area contributed by atoms with Crippen LogP contribution in [0.3, 0.4) is 0 Å². The predicted molar refractivity (Wildman–Crippen MR) is 37.7 cm³/mol. The third-order valence-corrected chi connectivity index (χ3v) is 1.84. The van der Waals surface area contributed by atoms with E-state index in [1.165, 1.54) is 0 Å². The molecule has 1 aliphatic heterocycles. The van der Waals surface area contributed by atoms with Gasteiger partial charge in [0.2, 0.25) is 5.83 Å². The standard InChI is InChI=1S/C7H8F5NO/c8-5(6(9)10)7(11,12)13-1-3-14-4-2-13/h1-4H2. The van der Waals surface area contributed by atoms with Crippen molar-refractivity contribution in [3.8, 4) is 0 Å². The van der Waals surface area contributed by atoms with Gasteiger partial charge in [0, 0.05) is 13.1 Å². The number of nitrogens with zero attached hydrogens (tertiary/aromatic N) is 1. The number of hydrogen-bond donors (Lipinski definition) is 0. The summed E-state index contributed by atoms with van der Waals surface area (Å²) in [6.45, 7) is -0.574. The van der Waals surface area contributed by atoms with Crippen LogP contribution in [0.2, 0.25) is 0 Å². The highest BCUT2D eigenvalue weighted by Gasteiger charge is 2.45. The van der Waals surface area contributed by atoms with Crippen LogP contribution >= 0.6 is 0 Å². The molecule has 0 N–H and O–H groups in total. The fourth-order valence-electron chi connectivity index (χ4n) is 1.10. The Morgan fingerprint density at radius 3 is 2.00 bits per heavy atom. The summed E-state index contributed by atoms with van der Waals surface area (Å²) in [7, 11) is 0. The molecule has 0 amide bonds. The summed E-state index contributed by atoms with van der Waals surface area (Å²) in [4.78, 5) is 0.324. The smallest absolute Gasteiger partial charge is 0.363 e. The fourth-order valence-corrected chi connectivity index (χ4v) is 1.10. The van der Waals surface area contributed by atoms with E-state index in [1.54, 1.807) is 0 Å². The monoisotopic (exact) mass is 217 g/mol. The van der Waals surface area contributed by atoms with Gasteiger partial charge in [0.25, 0.3) is 0 Å². The summed E-state index contributed by atoms with van der Waals surface area (Å²) in [6.07, 6.45) is -2.98. The molecule has 0 spiro atoms. The van der Waals surface area contributed by atoms with Crippen LogP contribution in [0.15, 0.2) is 11.9 Å². The Morgan fingerprint density at radius 2 is 1.57 bits per heavy atom. The maximum atomic E-state index is 12.9. The summed E-state index contributed by atoms with van der Waals surface area (Å²) in [6, 6.07) is -4.23. The molecular weight excluding hydrogens is 209 g/mol. The molecule has 14 heavy (non-hydrogen) atoms. The zero-order valence-corrected chi connectivity index (χ0v) is 7.07. The van der Waals surface area contributed by atoms with Gasteiger partial charge in [0.1, 0.15) is 0 Å². The molecule has 0 aliphatic carbocycles. The lowest BCUT2D eigenvalue weighted by Crippen LogP contribution is -2.48. The molecular formula is C7H8F5NO. The lowest BCUT2D eigenvalue weighted by molar-refractivity contribution is -0.159. The first-order valence-corrected chi connectivity index (χ1v) is 3.88. The molecule has 1 saturated heterocycles. The van der Waals surface area contributed by atoms with Crippen molar-refractivity contribution in [3.05, 3.63) is 11.9 Å². The zero-order chi connectivity index (χ0) is 10.8. The molecule has 1 fully saturated rings. The average Bonchev–Trinajstić information content (AvgIpc) is 2.18. The van der Waals surface area contributed by atoms with E-state index < -0.39 is 18.0 Å². The van der Waals surface area contributed by atoms with Crippen LogP contribution in [0.25, 0.3) is 0 Å². The Balaban J connectivity index is 2.77. The average molecular weight is 217 g/mol. The molecule has 0 aromatic rings. The van der Waals surface area contributed by atoms with E-state index >= 15 is 0 Å². The van der Waals surface area contributed by atoms with Crippen LogP contribution in [0.1, 0.15) is 0 Å². The highest BCUT2D eigenvalue weighted by molar-refractivity contribution is 5.04. The second-order valence-electron chi connectivity index (χ2n) is 2.72. The number of alkyl halides is 2. The van der Waals surface area contributed by atoms with Gasteiger partial charge in [0.15, 0.2) is 0 Å². The normalized spacial score (nSPS) is 19.5. The molecule has 0 bridgehead atoms. The van der Waals surface area contributed by atoms with Gasteiger partial charge in [-0.05, 0) is 0 Å². The van der Waals surface area contributed by atoms with E-state index in [4.69, 9.17) is 4.74 Å². The Morgan fingerprint density at radius 1 is 1.07 bits per heavy atom. The molecule has 1 rings (SSSR count). The van der Waals surface area contributed by atoms with Gasteiger partial charge in [-0.3, -0.25) is 0 Å². The van der Waals surface area contributed by atoms with Gasteiger partial charge >= 0.3 is 12.1 Å². The Labute approximate surface area is 76.9 Å². The Kier molecular flexibility index (Phi) is 3.43. The van der Waals surface area contributed by atoms with Crippen LogP contribution in [-0.4, -0.2) is 37.2 Å². The van der Waals surface area contributed by atoms with Gasteiger partial charge in [0.05, 0.1) is 13.2 Å². The van der Waals surface area contributed by atoms with Gasteiger partial charge in [-0.2, -0.15) is 22.0 Å². The minimum atomic E-state index is -4.23. The first-order chi connectivity index (χ1) is 6.46. The molecule has 0 unspecified atom stereocenters. The van der Waals surface area contributed by atoms with Crippen molar-refractivity contribution in [1.82, 2.24) is 4.90 Å². The van der Waals surface area contributed by atoms with E-state index in [-0.39, 0.29) is 26.3 Å². The predicted octanol–water partition coefficient (Wildman–Crippen LogP) is 1.99. The molecule has 0 aromatic heterocycles. The van der Waals surface area contributed by atoms with Crippen LogP contribution < -0.4 is 0 Å². The summed E-state index contributed by atoms with van der Waals surface area (Å²) < 4.78 is 66.2. The van der Waals surface area contributed by atoms with Crippen molar-refractivity contribution >= 4 is 0 Å². The summed E-state index contributed by atoms with van der Waals surface area (Å²) in [5, 5.41) is 0. The maximum Gasteiger partial charge on any atom is 0.363 e. The molecule has 0 radical (unpaired) electrons. The maximum absolute atomic E-state index is 12.9. The van der Waals surface area contributed by atoms with Gasteiger partial charge in [-0.25, -0.2) is 4.90 Å². The van der Waals surface area contributed by atoms with E-state index in [1.807, 2.05) is 0 Å². The number of ether oxygens (including phenoxy) is 1. The Bertz CT molecular complexity index is 232. The van der Waals surface area contributed by atoms with E-state index in [0.717, 1.165) is 0 Å². The molecule has 0 atom stereocenters. The van der Waals surface area contributed by atoms with Crippen molar-refractivity contribution in [3.63, 3.8) is 0 Å². The van der Waals surface area contributed by atoms with Crippen LogP contribution in [0, 0.1) is 0 Å². The number of hydrogen-bond acceptors (Lipinski definition) is 2. The molecule has 0 saturated carbocycles. The van der Waals surface area contributed by atoms with Crippen molar-refractivity contribution in [2.75, 3.05) is 26.3 Å². The second-order valence-corrected chi connectivity index (χ2v) is 2.72. The van der Waals surface area contributed by atoms with Crippen molar-refractivity contribution in [2.24, 2.45) is 0 Å². The fraction of sp³-hybridized carbons (Fsp3) is 0.714. The van der Waals surface area contributed by atoms with Crippen LogP contribution in [-0.2, 0) is 4.74 Å². The second kappa shape index (κ2) is 4.22.